The molecule has 3 heteroatoms. The molecule has 0 saturated heterocycles. The third-order valence-electron chi connectivity index (χ3n) is 2.53. The highest BCUT2D eigenvalue weighted by Gasteiger charge is 2.10. The van der Waals surface area contributed by atoms with Gasteiger partial charge in [0.05, 0.1) is 0 Å². The third-order valence-corrected chi connectivity index (χ3v) is 2.53. The number of carbonyl (C=O) groups excluding carboxylic acids is 1. The van der Waals surface area contributed by atoms with Crippen LogP contribution in [0.25, 0.3) is 0 Å². The first-order valence-electron chi connectivity index (χ1n) is 4.98. The summed E-state index contributed by atoms with van der Waals surface area (Å²) in [4.78, 5) is 13.0. The number of hydrogen-bond donors (Lipinski definition) is 1. The maximum atomic E-state index is 11.3. The number of amides is 2. The highest BCUT2D eigenvalue weighted by atomic mass is 16.2. The molecule has 13 heavy (non-hydrogen) atoms. The average molecular weight is 186 g/mol. The summed E-state index contributed by atoms with van der Waals surface area (Å²) in [7, 11) is 1.80. The first-order chi connectivity index (χ1) is 5.99. The molecule has 1 atom stereocenters. The summed E-state index contributed by atoms with van der Waals surface area (Å²) >= 11 is 0. The van der Waals surface area contributed by atoms with Gasteiger partial charge < -0.3 is 10.2 Å². The molecule has 0 aromatic rings. The van der Waals surface area contributed by atoms with Crippen molar-refractivity contribution in [3.05, 3.63) is 0 Å². The van der Waals surface area contributed by atoms with Crippen molar-refractivity contribution in [1.29, 1.82) is 0 Å². The molecule has 2 amide bonds. The van der Waals surface area contributed by atoms with Crippen LogP contribution in [-0.2, 0) is 0 Å². The van der Waals surface area contributed by atoms with Gasteiger partial charge in [-0.2, -0.15) is 0 Å². The molecular formula is C10H22N2O. The van der Waals surface area contributed by atoms with Crippen molar-refractivity contribution >= 4 is 6.03 Å². The van der Waals surface area contributed by atoms with Crippen molar-refractivity contribution in [1.82, 2.24) is 10.2 Å². The van der Waals surface area contributed by atoms with E-state index in [2.05, 4.69) is 26.1 Å². The molecule has 1 N–H and O–H groups in total. The Hall–Kier alpha value is -0.730. The van der Waals surface area contributed by atoms with Crippen molar-refractivity contribution in [3.63, 3.8) is 0 Å². The normalized spacial score (nSPS) is 12.8. The van der Waals surface area contributed by atoms with E-state index in [0.717, 1.165) is 13.1 Å². The highest BCUT2D eigenvalue weighted by molar-refractivity contribution is 5.73. The topological polar surface area (TPSA) is 32.3 Å². The van der Waals surface area contributed by atoms with Gasteiger partial charge in [-0.1, -0.05) is 20.8 Å². The zero-order valence-electron chi connectivity index (χ0n) is 9.42. The lowest BCUT2D eigenvalue weighted by atomic mass is 9.98. The zero-order valence-corrected chi connectivity index (χ0v) is 9.42. The summed E-state index contributed by atoms with van der Waals surface area (Å²) < 4.78 is 0. The molecule has 0 aliphatic rings. The lowest BCUT2D eigenvalue weighted by Gasteiger charge is -2.19. The van der Waals surface area contributed by atoms with Crippen molar-refractivity contribution in [2.45, 2.75) is 27.7 Å². The number of rotatable bonds is 4. The third kappa shape index (κ3) is 4.76. The van der Waals surface area contributed by atoms with Gasteiger partial charge in [0.2, 0.25) is 0 Å². The predicted molar refractivity (Wildman–Crippen MR) is 55.7 cm³/mol. The Morgan fingerprint density at radius 3 is 2.31 bits per heavy atom. The van der Waals surface area contributed by atoms with Crippen LogP contribution in [0.2, 0.25) is 0 Å². The van der Waals surface area contributed by atoms with Crippen LogP contribution >= 0.6 is 0 Å². The zero-order chi connectivity index (χ0) is 10.4. The van der Waals surface area contributed by atoms with Gasteiger partial charge in [0.25, 0.3) is 0 Å². The lowest BCUT2D eigenvalue weighted by Crippen LogP contribution is -2.39. The molecule has 3 nitrogen and oxygen atoms in total. The quantitative estimate of drug-likeness (QED) is 0.715. The van der Waals surface area contributed by atoms with Gasteiger partial charge in [-0.15, -0.1) is 0 Å². The second-order valence-corrected chi connectivity index (χ2v) is 3.92. The number of carbonyl (C=O) groups is 1. The van der Waals surface area contributed by atoms with Crippen LogP contribution in [-0.4, -0.2) is 31.1 Å². The molecule has 0 aromatic heterocycles. The molecule has 78 valence electrons. The van der Waals surface area contributed by atoms with Gasteiger partial charge in [-0.25, -0.2) is 4.79 Å². The van der Waals surface area contributed by atoms with Crippen LogP contribution in [0.15, 0.2) is 0 Å². The molecule has 0 bridgehead atoms. The maximum Gasteiger partial charge on any atom is 0.317 e. The molecule has 0 saturated carbocycles. The highest BCUT2D eigenvalue weighted by Crippen LogP contribution is 2.07. The van der Waals surface area contributed by atoms with Crippen LogP contribution in [0.3, 0.4) is 0 Å². The molecule has 0 aromatic carbocycles. The van der Waals surface area contributed by atoms with E-state index in [1.165, 1.54) is 0 Å². The van der Waals surface area contributed by atoms with Gasteiger partial charge in [0.15, 0.2) is 0 Å². The largest absolute Gasteiger partial charge is 0.338 e. The molecule has 0 spiro atoms. The molecule has 0 aliphatic heterocycles. The molecule has 1 unspecified atom stereocenters. The smallest absolute Gasteiger partial charge is 0.317 e. The SMILES string of the molecule is CCN(C)C(=O)NCC(C)C(C)C. The summed E-state index contributed by atoms with van der Waals surface area (Å²) in [5.41, 5.74) is 0. The van der Waals surface area contributed by atoms with Gasteiger partial charge in [0.1, 0.15) is 0 Å². The second kappa shape index (κ2) is 5.84. The van der Waals surface area contributed by atoms with E-state index in [-0.39, 0.29) is 6.03 Å². The second-order valence-electron chi connectivity index (χ2n) is 3.92. The fourth-order valence-corrected chi connectivity index (χ4v) is 0.763. The van der Waals surface area contributed by atoms with Crippen molar-refractivity contribution in [2.24, 2.45) is 11.8 Å². The van der Waals surface area contributed by atoms with Gasteiger partial charge >= 0.3 is 6.03 Å². The summed E-state index contributed by atoms with van der Waals surface area (Å²) in [5, 5.41) is 2.90. The van der Waals surface area contributed by atoms with E-state index >= 15 is 0 Å². The number of nitrogens with one attached hydrogen (secondary N) is 1. The minimum Gasteiger partial charge on any atom is -0.338 e. The Bertz CT molecular complexity index is 157. The fourth-order valence-electron chi connectivity index (χ4n) is 0.763. The van der Waals surface area contributed by atoms with Gasteiger partial charge in [0, 0.05) is 20.1 Å². The Morgan fingerprint density at radius 1 is 1.38 bits per heavy atom. The molecule has 0 rings (SSSR count). The Kier molecular flexibility index (Phi) is 5.51. The van der Waals surface area contributed by atoms with Crippen LogP contribution in [0.5, 0.6) is 0 Å². The summed E-state index contributed by atoms with van der Waals surface area (Å²) in [6.45, 7) is 9.96. The van der Waals surface area contributed by atoms with Crippen molar-refractivity contribution < 1.29 is 4.79 Å². The Labute approximate surface area is 81.5 Å². The average Bonchev–Trinajstić information content (AvgIpc) is 2.11. The van der Waals surface area contributed by atoms with Crippen molar-refractivity contribution in [2.75, 3.05) is 20.1 Å². The lowest BCUT2D eigenvalue weighted by molar-refractivity contribution is 0.208. The maximum absolute atomic E-state index is 11.3. The number of hydrogen-bond acceptors (Lipinski definition) is 1. The molecule has 0 aliphatic carbocycles. The number of urea groups is 1. The first kappa shape index (κ1) is 12.3. The Morgan fingerprint density at radius 2 is 1.92 bits per heavy atom. The monoisotopic (exact) mass is 186 g/mol. The predicted octanol–water partition coefficient (Wildman–Crippen LogP) is 1.94. The van der Waals surface area contributed by atoms with E-state index in [1.54, 1.807) is 11.9 Å². The minimum atomic E-state index is 0.0231. The Balaban J connectivity index is 3.70. The van der Waals surface area contributed by atoms with Crippen LogP contribution in [0, 0.1) is 11.8 Å². The fraction of sp³-hybridized carbons (Fsp3) is 0.900. The van der Waals surface area contributed by atoms with E-state index in [4.69, 9.17) is 0 Å². The van der Waals surface area contributed by atoms with E-state index in [1.807, 2.05) is 6.92 Å². The van der Waals surface area contributed by atoms with Gasteiger partial charge in [-0.3, -0.25) is 0 Å². The first-order valence-corrected chi connectivity index (χ1v) is 4.98. The summed E-state index contributed by atoms with van der Waals surface area (Å²) in [6.07, 6.45) is 0. The molecule has 0 fully saturated rings. The number of nitrogens with zero attached hydrogens (tertiary/aromatic N) is 1. The minimum absolute atomic E-state index is 0.0231. The molecule has 0 radical (unpaired) electrons. The van der Waals surface area contributed by atoms with Crippen molar-refractivity contribution in [3.8, 4) is 0 Å². The van der Waals surface area contributed by atoms with E-state index in [0.29, 0.717) is 11.8 Å². The molecule has 0 heterocycles. The van der Waals surface area contributed by atoms with Crippen LogP contribution in [0.4, 0.5) is 4.79 Å². The van der Waals surface area contributed by atoms with E-state index in [9.17, 15) is 4.79 Å². The summed E-state index contributed by atoms with van der Waals surface area (Å²) in [6, 6.07) is 0.0231. The van der Waals surface area contributed by atoms with E-state index < -0.39 is 0 Å². The van der Waals surface area contributed by atoms with Crippen LogP contribution < -0.4 is 5.32 Å². The standard InChI is InChI=1S/C10H22N2O/c1-6-12(5)10(13)11-7-9(4)8(2)3/h8-9H,6-7H2,1-5H3,(H,11,13). The van der Waals surface area contributed by atoms with Gasteiger partial charge in [-0.05, 0) is 18.8 Å². The van der Waals surface area contributed by atoms with Crippen LogP contribution in [0.1, 0.15) is 27.7 Å². The molecular weight excluding hydrogens is 164 g/mol. The summed E-state index contributed by atoms with van der Waals surface area (Å²) in [5.74, 6) is 1.15.